The van der Waals surface area contributed by atoms with Gasteiger partial charge in [-0.3, -0.25) is 4.79 Å². The lowest BCUT2D eigenvalue weighted by Crippen LogP contribution is -2.48. The van der Waals surface area contributed by atoms with Crippen LogP contribution in [0, 0.1) is 0 Å². The molecule has 1 amide bonds. The van der Waals surface area contributed by atoms with Crippen molar-refractivity contribution >= 4 is 21.8 Å². The molecule has 3 rings (SSSR count). The fourth-order valence-corrected chi connectivity index (χ4v) is 3.95. The highest BCUT2D eigenvalue weighted by Gasteiger charge is 2.41. The molecule has 162 valence electrons. The number of hydrogen-bond donors (Lipinski definition) is 1. The standard InChI is InChI=1S/C22H24BrF2NO4/c1-28-18-7-2-15(14-19(18)30-21(24)25)8-11-26-20(27)22(9-12-29-13-10-22)16-3-5-17(23)6-4-16/h2-7,14,21H,8-13H2,1H3,(H,26,27). The number of methoxy groups -OCH3 is 1. The zero-order valence-corrected chi connectivity index (χ0v) is 18.2. The molecule has 1 aliphatic heterocycles. The van der Waals surface area contributed by atoms with Crippen LogP contribution in [-0.2, 0) is 21.4 Å². The van der Waals surface area contributed by atoms with Crippen molar-refractivity contribution in [1.29, 1.82) is 0 Å². The van der Waals surface area contributed by atoms with Crippen molar-refractivity contribution in [3.05, 3.63) is 58.1 Å². The third-order valence-corrected chi connectivity index (χ3v) is 5.85. The first-order valence-electron chi connectivity index (χ1n) is 9.68. The third kappa shape index (κ3) is 5.29. The quantitative estimate of drug-likeness (QED) is 0.601. The maximum Gasteiger partial charge on any atom is 0.387 e. The molecule has 2 aromatic rings. The van der Waals surface area contributed by atoms with Gasteiger partial charge in [0.05, 0.1) is 12.5 Å². The second kappa shape index (κ2) is 10.2. The van der Waals surface area contributed by atoms with Crippen molar-refractivity contribution in [1.82, 2.24) is 5.32 Å². The second-order valence-electron chi connectivity index (χ2n) is 7.07. The smallest absolute Gasteiger partial charge is 0.387 e. The van der Waals surface area contributed by atoms with Gasteiger partial charge in [0.25, 0.3) is 0 Å². The van der Waals surface area contributed by atoms with E-state index in [0.717, 1.165) is 15.6 Å². The van der Waals surface area contributed by atoms with Gasteiger partial charge in [0.15, 0.2) is 11.5 Å². The van der Waals surface area contributed by atoms with Crippen LogP contribution in [-0.4, -0.2) is 39.4 Å². The number of ether oxygens (including phenoxy) is 3. The normalized spacial score (nSPS) is 15.6. The molecule has 0 radical (unpaired) electrons. The Morgan fingerprint density at radius 3 is 2.50 bits per heavy atom. The van der Waals surface area contributed by atoms with Gasteiger partial charge in [-0.2, -0.15) is 8.78 Å². The van der Waals surface area contributed by atoms with E-state index >= 15 is 0 Å². The van der Waals surface area contributed by atoms with Crippen molar-refractivity contribution in [2.75, 3.05) is 26.9 Å². The molecule has 1 heterocycles. The average molecular weight is 484 g/mol. The van der Waals surface area contributed by atoms with E-state index in [0.29, 0.717) is 39.0 Å². The van der Waals surface area contributed by atoms with Crippen molar-refractivity contribution < 1.29 is 27.8 Å². The predicted molar refractivity (Wildman–Crippen MR) is 112 cm³/mol. The van der Waals surface area contributed by atoms with Crippen LogP contribution in [0.15, 0.2) is 46.9 Å². The van der Waals surface area contributed by atoms with E-state index in [1.165, 1.54) is 13.2 Å². The molecule has 0 atom stereocenters. The van der Waals surface area contributed by atoms with Crippen molar-refractivity contribution in [2.45, 2.75) is 31.3 Å². The Labute approximate surface area is 182 Å². The first-order valence-corrected chi connectivity index (χ1v) is 10.5. The molecule has 8 heteroatoms. The molecule has 0 aliphatic carbocycles. The molecule has 0 spiro atoms. The summed E-state index contributed by atoms with van der Waals surface area (Å²) >= 11 is 3.43. The minimum absolute atomic E-state index is 0.0212. The SMILES string of the molecule is COc1ccc(CCNC(=O)C2(c3ccc(Br)cc3)CCOCC2)cc1OC(F)F. The van der Waals surface area contributed by atoms with Crippen LogP contribution < -0.4 is 14.8 Å². The van der Waals surface area contributed by atoms with E-state index in [1.54, 1.807) is 12.1 Å². The summed E-state index contributed by atoms with van der Waals surface area (Å²) in [6.45, 7) is -1.52. The zero-order valence-electron chi connectivity index (χ0n) is 16.6. The van der Waals surface area contributed by atoms with Gasteiger partial charge in [-0.1, -0.05) is 34.1 Å². The Morgan fingerprint density at radius 2 is 1.87 bits per heavy atom. The number of hydrogen-bond acceptors (Lipinski definition) is 4. The Bertz CT molecular complexity index is 855. The molecule has 0 unspecified atom stereocenters. The van der Waals surface area contributed by atoms with Gasteiger partial charge >= 0.3 is 6.61 Å². The number of rotatable bonds is 8. The first kappa shape index (κ1) is 22.5. The fraction of sp³-hybridized carbons (Fsp3) is 0.409. The summed E-state index contributed by atoms with van der Waals surface area (Å²) in [6.07, 6.45) is 1.69. The van der Waals surface area contributed by atoms with Crippen LogP contribution >= 0.6 is 15.9 Å². The zero-order chi connectivity index (χ0) is 21.6. The summed E-state index contributed by atoms with van der Waals surface area (Å²) in [4.78, 5) is 13.2. The van der Waals surface area contributed by atoms with E-state index in [1.807, 2.05) is 24.3 Å². The van der Waals surface area contributed by atoms with E-state index < -0.39 is 12.0 Å². The number of carbonyl (C=O) groups is 1. The summed E-state index contributed by atoms with van der Waals surface area (Å²) < 4.78 is 41.2. The van der Waals surface area contributed by atoms with E-state index in [-0.39, 0.29) is 17.4 Å². The molecule has 30 heavy (non-hydrogen) atoms. The molecule has 1 aliphatic rings. The van der Waals surface area contributed by atoms with Gasteiger partial charge in [0, 0.05) is 24.2 Å². The van der Waals surface area contributed by atoms with Crippen molar-refractivity contribution in [3.63, 3.8) is 0 Å². The Kier molecular flexibility index (Phi) is 7.66. The minimum Gasteiger partial charge on any atom is -0.493 e. The van der Waals surface area contributed by atoms with Gasteiger partial charge in [-0.25, -0.2) is 0 Å². The summed E-state index contributed by atoms with van der Waals surface area (Å²) in [5.74, 6) is 0.164. The lowest BCUT2D eigenvalue weighted by Gasteiger charge is -2.36. The number of amides is 1. The molecule has 2 aromatic carbocycles. The molecule has 1 saturated heterocycles. The topological polar surface area (TPSA) is 56.8 Å². The van der Waals surface area contributed by atoms with Gasteiger partial charge in [-0.15, -0.1) is 0 Å². The fourth-order valence-electron chi connectivity index (χ4n) is 3.69. The van der Waals surface area contributed by atoms with Crippen molar-refractivity contribution in [3.8, 4) is 11.5 Å². The number of halogens is 3. The van der Waals surface area contributed by atoms with Crippen LogP contribution in [0.2, 0.25) is 0 Å². The predicted octanol–water partition coefficient (Wildman–Crippen LogP) is 4.47. The number of nitrogens with one attached hydrogen (secondary N) is 1. The number of benzene rings is 2. The highest BCUT2D eigenvalue weighted by molar-refractivity contribution is 9.10. The molecular formula is C22H24BrF2NO4. The van der Waals surface area contributed by atoms with Crippen LogP contribution in [0.4, 0.5) is 8.78 Å². The monoisotopic (exact) mass is 483 g/mol. The second-order valence-corrected chi connectivity index (χ2v) is 7.99. The first-order chi connectivity index (χ1) is 14.4. The maximum absolute atomic E-state index is 13.2. The van der Waals surface area contributed by atoms with Gasteiger partial charge < -0.3 is 19.5 Å². The Balaban J connectivity index is 1.68. The van der Waals surface area contributed by atoms with Gasteiger partial charge in [0.1, 0.15) is 0 Å². The van der Waals surface area contributed by atoms with Gasteiger partial charge in [-0.05, 0) is 54.7 Å². The molecule has 0 aromatic heterocycles. The molecule has 1 fully saturated rings. The van der Waals surface area contributed by atoms with Crippen molar-refractivity contribution in [2.24, 2.45) is 0 Å². The highest BCUT2D eigenvalue weighted by Crippen LogP contribution is 2.36. The average Bonchev–Trinajstić information content (AvgIpc) is 2.74. The highest BCUT2D eigenvalue weighted by atomic mass is 79.9. The summed E-state index contributed by atoms with van der Waals surface area (Å²) in [5, 5.41) is 3.02. The number of carbonyl (C=O) groups excluding carboxylic acids is 1. The van der Waals surface area contributed by atoms with E-state index in [9.17, 15) is 13.6 Å². The maximum atomic E-state index is 13.2. The van der Waals surface area contributed by atoms with Crippen LogP contribution in [0.5, 0.6) is 11.5 Å². The molecule has 0 saturated carbocycles. The third-order valence-electron chi connectivity index (χ3n) is 5.32. The Morgan fingerprint density at radius 1 is 1.17 bits per heavy atom. The van der Waals surface area contributed by atoms with E-state index in [2.05, 4.69) is 26.0 Å². The Hall–Kier alpha value is -2.19. The summed E-state index contributed by atoms with van der Waals surface area (Å²) in [7, 11) is 1.39. The van der Waals surface area contributed by atoms with Crippen LogP contribution in [0.3, 0.4) is 0 Å². The lowest BCUT2D eigenvalue weighted by atomic mass is 9.73. The molecule has 0 bridgehead atoms. The molecular weight excluding hydrogens is 460 g/mol. The van der Waals surface area contributed by atoms with E-state index in [4.69, 9.17) is 9.47 Å². The van der Waals surface area contributed by atoms with Crippen LogP contribution in [0.25, 0.3) is 0 Å². The molecule has 1 N–H and O–H groups in total. The van der Waals surface area contributed by atoms with Gasteiger partial charge in [0.2, 0.25) is 5.91 Å². The lowest BCUT2D eigenvalue weighted by molar-refractivity contribution is -0.130. The summed E-state index contributed by atoms with van der Waals surface area (Å²) in [5.41, 5.74) is 1.09. The number of alkyl halides is 2. The summed E-state index contributed by atoms with van der Waals surface area (Å²) in [6, 6.07) is 12.7. The minimum atomic E-state index is -2.94. The van der Waals surface area contributed by atoms with Crippen LogP contribution in [0.1, 0.15) is 24.0 Å². The molecule has 5 nitrogen and oxygen atoms in total. The largest absolute Gasteiger partial charge is 0.493 e.